The molecule has 0 aliphatic rings. The predicted molar refractivity (Wildman–Crippen MR) is 330 cm³/mol. The highest BCUT2D eigenvalue weighted by Gasteiger charge is 2.23. The first-order valence-electron chi connectivity index (χ1n) is 26.8. The van der Waals surface area contributed by atoms with E-state index in [0.717, 1.165) is 34.1 Å². The van der Waals surface area contributed by atoms with E-state index in [0.29, 0.717) is 0 Å². The minimum absolute atomic E-state index is 1.07. The molecule has 0 saturated heterocycles. The highest BCUT2D eigenvalue weighted by Crippen LogP contribution is 2.48. The number of para-hydroxylation sites is 6. The fraction of sp³-hybridized carbons (Fsp3) is 0. The van der Waals surface area contributed by atoms with Crippen molar-refractivity contribution in [2.24, 2.45) is 0 Å². The Morgan fingerprint density at radius 1 is 0.205 bits per heavy atom. The van der Waals surface area contributed by atoms with Gasteiger partial charge in [-0.2, -0.15) is 0 Å². The van der Waals surface area contributed by atoms with E-state index in [9.17, 15) is 0 Å². The van der Waals surface area contributed by atoms with Crippen LogP contribution in [0.3, 0.4) is 0 Å². The molecule has 364 valence electrons. The molecule has 16 aromatic rings. The average molecular weight is 993 g/mol. The van der Waals surface area contributed by atoms with E-state index in [1.807, 2.05) is 0 Å². The quantitative estimate of drug-likeness (QED) is 0.148. The van der Waals surface area contributed by atoms with Crippen LogP contribution < -0.4 is 4.90 Å². The predicted octanol–water partition coefficient (Wildman–Crippen LogP) is 20.1. The van der Waals surface area contributed by atoms with Crippen molar-refractivity contribution in [3.63, 3.8) is 0 Å². The summed E-state index contributed by atoms with van der Waals surface area (Å²) in [5.41, 5.74) is 18.6. The summed E-state index contributed by atoms with van der Waals surface area (Å²) in [5.74, 6) is 0. The number of hydrogen-bond donors (Lipinski definition) is 0. The molecule has 13 aromatic carbocycles. The van der Waals surface area contributed by atoms with Gasteiger partial charge < -0.3 is 18.6 Å². The van der Waals surface area contributed by atoms with Crippen LogP contribution in [0.25, 0.3) is 126 Å². The highest BCUT2D eigenvalue weighted by molar-refractivity contribution is 6.16. The van der Waals surface area contributed by atoms with Gasteiger partial charge in [0.1, 0.15) is 0 Å². The van der Waals surface area contributed by atoms with Crippen molar-refractivity contribution in [1.82, 2.24) is 13.7 Å². The second-order valence-corrected chi connectivity index (χ2v) is 20.4. The van der Waals surface area contributed by atoms with Crippen molar-refractivity contribution in [2.75, 3.05) is 4.90 Å². The zero-order valence-electron chi connectivity index (χ0n) is 42.5. The van der Waals surface area contributed by atoms with Crippen LogP contribution in [0.15, 0.2) is 291 Å². The first kappa shape index (κ1) is 43.9. The van der Waals surface area contributed by atoms with Crippen LogP contribution in [-0.4, -0.2) is 13.7 Å². The zero-order valence-corrected chi connectivity index (χ0v) is 42.5. The molecule has 0 spiro atoms. The molecule has 0 radical (unpaired) electrons. The average Bonchev–Trinajstić information content (AvgIpc) is 4.29. The topological polar surface area (TPSA) is 18.0 Å². The number of benzene rings is 13. The molecule has 3 heterocycles. The van der Waals surface area contributed by atoms with Gasteiger partial charge in [0.25, 0.3) is 0 Å². The molecule has 0 aliphatic heterocycles. The summed E-state index contributed by atoms with van der Waals surface area (Å²) in [6.07, 6.45) is 0. The van der Waals surface area contributed by atoms with Gasteiger partial charge in [-0.1, -0.05) is 182 Å². The Hall–Kier alpha value is -10.4. The van der Waals surface area contributed by atoms with E-state index in [4.69, 9.17) is 0 Å². The number of anilines is 3. The third kappa shape index (κ3) is 6.73. The number of hydrogen-bond acceptors (Lipinski definition) is 1. The minimum Gasteiger partial charge on any atom is -0.309 e. The first-order valence-corrected chi connectivity index (χ1v) is 26.8. The maximum atomic E-state index is 2.49. The SMILES string of the molecule is c1ccc(-n2c3ccccc3c3cc(-c4ccc(N(c5ccc(-n6c7ccccc7c7ccccc76)cc5)c5ccc(-c6ccc7c(c6)c6ccccc6n7-c6ccccc6)c6ccccc56)c5ccccc45)ccc32)cc1. The fourth-order valence-electron chi connectivity index (χ4n) is 12.8. The van der Waals surface area contributed by atoms with Crippen molar-refractivity contribution < 1.29 is 0 Å². The number of nitrogens with zero attached hydrogens (tertiary/aromatic N) is 4. The molecule has 3 aromatic heterocycles. The molecule has 0 aliphatic carbocycles. The van der Waals surface area contributed by atoms with Gasteiger partial charge in [-0.05, 0) is 142 Å². The molecule has 0 fully saturated rings. The van der Waals surface area contributed by atoms with Crippen LogP contribution in [0.4, 0.5) is 17.1 Å². The molecule has 0 bridgehead atoms. The van der Waals surface area contributed by atoms with E-state index < -0.39 is 0 Å². The van der Waals surface area contributed by atoms with E-state index in [1.54, 1.807) is 0 Å². The molecule has 4 heteroatoms. The highest BCUT2D eigenvalue weighted by atomic mass is 15.1. The molecular weight excluding hydrogens is 945 g/mol. The van der Waals surface area contributed by atoms with Crippen molar-refractivity contribution in [3.8, 4) is 39.3 Å². The Bertz CT molecular complexity index is 4730. The molecule has 0 saturated carbocycles. The Morgan fingerprint density at radius 2 is 0.513 bits per heavy atom. The third-order valence-electron chi connectivity index (χ3n) is 16.2. The lowest BCUT2D eigenvalue weighted by Crippen LogP contribution is -2.11. The fourth-order valence-corrected chi connectivity index (χ4v) is 12.8. The molecule has 78 heavy (non-hydrogen) atoms. The lowest BCUT2D eigenvalue weighted by molar-refractivity contribution is 1.17. The Balaban J connectivity index is 0.889. The molecule has 0 atom stereocenters. The number of fused-ring (bicyclic) bond motifs is 11. The lowest BCUT2D eigenvalue weighted by atomic mass is 9.93. The Morgan fingerprint density at radius 3 is 0.910 bits per heavy atom. The summed E-state index contributed by atoms with van der Waals surface area (Å²) in [6.45, 7) is 0. The van der Waals surface area contributed by atoms with E-state index in [1.165, 1.54) is 109 Å². The smallest absolute Gasteiger partial charge is 0.0541 e. The summed E-state index contributed by atoms with van der Waals surface area (Å²) < 4.78 is 7.17. The number of rotatable bonds is 8. The maximum absolute atomic E-state index is 2.49. The maximum Gasteiger partial charge on any atom is 0.0541 e. The number of aromatic nitrogens is 3. The van der Waals surface area contributed by atoms with Crippen LogP contribution in [0, 0.1) is 0 Å². The summed E-state index contributed by atoms with van der Waals surface area (Å²) >= 11 is 0. The van der Waals surface area contributed by atoms with Crippen LogP contribution >= 0.6 is 0 Å². The lowest BCUT2D eigenvalue weighted by Gasteiger charge is -2.29. The normalized spacial score (nSPS) is 11.8. The summed E-state index contributed by atoms with van der Waals surface area (Å²) in [6, 6.07) is 107. The Labute approximate surface area is 450 Å². The second-order valence-electron chi connectivity index (χ2n) is 20.4. The van der Waals surface area contributed by atoms with E-state index in [2.05, 4.69) is 310 Å². The zero-order chi connectivity index (χ0) is 51.3. The van der Waals surface area contributed by atoms with Gasteiger partial charge in [-0.15, -0.1) is 0 Å². The van der Waals surface area contributed by atoms with Gasteiger partial charge >= 0.3 is 0 Å². The van der Waals surface area contributed by atoms with Crippen LogP contribution in [-0.2, 0) is 0 Å². The first-order chi connectivity index (χ1) is 38.7. The van der Waals surface area contributed by atoms with Gasteiger partial charge in [-0.25, -0.2) is 0 Å². The van der Waals surface area contributed by atoms with Crippen molar-refractivity contribution in [1.29, 1.82) is 0 Å². The van der Waals surface area contributed by atoms with Crippen molar-refractivity contribution in [3.05, 3.63) is 291 Å². The van der Waals surface area contributed by atoms with Gasteiger partial charge in [-0.3, -0.25) is 0 Å². The third-order valence-corrected chi connectivity index (χ3v) is 16.2. The van der Waals surface area contributed by atoms with Crippen LogP contribution in [0.2, 0.25) is 0 Å². The van der Waals surface area contributed by atoms with Crippen molar-refractivity contribution >= 4 is 104 Å². The Kier molecular flexibility index (Phi) is 9.91. The summed E-state index contributed by atoms with van der Waals surface area (Å²) in [7, 11) is 0. The summed E-state index contributed by atoms with van der Waals surface area (Å²) in [5, 5.41) is 12.2. The van der Waals surface area contributed by atoms with Gasteiger partial charge in [0.05, 0.1) is 44.5 Å². The minimum atomic E-state index is 1.07. The second kappa shape index (κ2) is 17.6. The van der Waals surface area contributed by atoms with Gasteiger partial charge in [0.2, 0.25) is 0 Å². The molecule has 0 N–H and O–H groups in total. The monoisotopic (exact) mass is 992 g/mol. The van der Waals surface area contributed by atoms with Crippen LogP contribution in [0.1, 0.15) is 0 Å². The molecular formula is C74H48N4. The van der Waals surface area contributed by atoms with Crippen LogP contribution in [0.5, 0.6) is 0 Å². The molecule has 16 rings (SSSR count). The van der Waals surface area contributed by atoms with Gasteiger partial charge in [0, 0.05) is 65.8 Å². The molecule has 0 unspecified atom stereocenters. The molecule has 0 amide bonds. The largest absolute Gasteiger partial charge is 0.309 e. The molecule has 4 nitrogen and oxygen atoms in total. The van der Waals surface area contributed by atoms with Crippen molar-refractivity contribution in [2.45, 2.75) is 0 Å². The standard InChI is InChI=1S/C74H48N4/c1-3-19-51(20-4-1)75-69-33-17-13-29-63(69)65-47-49(35-43-73(65)75)55-41-45-71(59-25-9-7-23-57(55)59)78(54-39-37-53(38-40-54)77-67-31-15-11-27-61(67)62-28-12-16-32-68(62)77)72-46-42-56(58-24-8-10-26-60(58)72)50-36-44-74-66(48-50)64-30-14-18-34-70(64)76(74)52-21-5-2-6-22-52/h1-48H. The van der Waals surface area contributed by atoms with Gasteiger partial charge in [0.15, 0.2) is 0 Å². The summed E-state index contributed by atoms with van der Waals surface area (Å²) in [4.78, 5) is 2.49. The van der Waals surface area contributed by atoms with E-state index in [-0.39, 0.29) is 0 Å². The van der Waals surface area contributed by atoms with E-state index >= 15 is 0 Å².